The largest absolute Gasteiger partial charge is 0.481 e. The lowest BCUT2D eigenvalue weighted by Gasteiger charge is -2.24. The number of aliphatic carboxylic acids is 1. The van der Waals surface area contributed by atoms with Crippen LogP contribution in [0.1, 0.15) is 182 Å². The molecule has 6 nitrogen and oxygen atoms in total. The number of carbonyl (C=O) groups excluding carboxylic acids is 1. The third-order valence-electron chi connectivity index (χ3n) is 8.81. The zero-order valence-corrected chi connectivity index (χ0v) is 29.5. The van der Waals surface area contributed by atoms with E-state index in [4.69, 9.17) is 9.84 Å². The standard InChI is InChI=1S/C38H73NO5/c1-5-7-9-11-13-15-16-18-20-22-24-26-34(4)31-39-35(32-44-38(43)30-29-37(41)42)36(40)28-27-33(3)25-23-21-19-17-14-12-10-8-6-2/h27-28,33-36,39-40H,5-26,29-32H2,1-4H3,(H,41,42)/b28-27+/t33?,34?,35-,36-/m0/s1. The lowest BCUT2D eigenvalue weighted by molar-refractivity contribution is -0.148. The Morgan fingerprint density at radius 2 is 1.11 bits per heavy atom. The van der Waals surface area contributed by atoms with Crippen molar-refractivity contribution in [2.24, 2.45) is 11.8 Å². The summed E-state index contributed by atoms with van der Waals surface area (Å²) in [7, 11) is 0. The fraction of sp³-hybridized carbons (Fsp3) is 0.895. The maximum atomic E-state index is 12.1. The van der Waals surface area contributed by atoms with Crippen LogP contribution in [0.25, 0.3) is 0 Å². The molecule has 0 amide bonds. The number of carboxylic acids is 1. The van der Waals surface area contributed by atoms with E-state index in [1.54, 1.807) is 0 Å². The van der Waals surface area contributed by atoms with Gasteiger partial charge in [-0.3, -0.25) is 9.59 Å². The summed E-state index contributed by atoms with van der Waals surface area (Å²) in [5.74, 6) is -0.714. The van der Waals surface area contributed by atoms with Crippen LogP contribution in [-0.2, 0) is 14.3 Å². The van der Waals surface area contributed by atoms with Crippen LogP contribution < -0.4 is 5.32 Å². The molecule has 0 aromatic carbocycles. The highest BCUT2D eigenvalue weighted by Crippen LogP contribution is 2.16. The molecule has 0 saturated heterocycles. The molecular weight excluding hydrogens is 550 g/mol. The molecule has 0 aromatic rings. The zero-order valence-electron chi connectivity index (χ0n) is 29.5. The van der Waals surface area contributed by atoms with Crippen molar-refractivity contribution in [2.75, 3.05) is 13.2 Å². The van der Waals surface area contributed by atoms with Gasteiger partial charge in [0.25, 0.3) is 0 Å². The average Bonchev–Trinajstić information content (AvgIpc) is 3.00. The highest BCUT2D eigenvalue weighted by Gasteiger charge is 2.20. The van der Waals surface area contributed by atoms with Gasteiger partial charge in [-0.15, -0.1) is 0 Å². The minimum Gasteiger partial charge on any atom is -0.481 e. The molecule has 6 heteroatoms. The summed E-state index contributed by atoms with van der Waals surface area (Å²) in [6.45, 7) is 9.72. The zero-order chi connectivity index (χ0) is 32.7. The predicted octanol–water partition coefficient (Wildman–Crippen LogP) is 10.2. The lowest BCUT2D eigenvalue weighted by atomic mass is 9.99. The highest BCUT2D eigenvalue weighted by molar-refractivity contribution is 5.76. The van der Waals surface area contributed by atoms with Crippen molar-refractivity contribution < 1.29 is 24.5 Å². The molecule has 0 saturated carbocycles. The van der Waals surface area contributed by atoms with Gasteiger partial charge in [0.15, 0.2) is 0 Å². The molecule has 2 unspecified atom stereocenters. The summed E-state index contributed by atoms with van der Waals surface area (Å²) < 4.78 is 5.36. The highest BCUT2D eigenvalue weighted by atomic mass is 16.5. The van der Waals surface area contributed by atoms with Crippen molar-refractivity contribution in [3.8, 4) is 0 Å². The van der Waals surface area contributed by atoms with E-state index in [-0.39, 0.29) is 19.4 Å². The number of carbonyl (C=O) groups is 2. The molecule has 0 bridgehead atoms. The average molecular weight is 624 g/mol. The van der Waals surface area contributed by atoms with Gasteiger partial charge in [-0.25, -0.2) is 0 Å². The van der Waals surface area contributed by atoms with E-state index in [9.17, 15) is 14.7 Å². The molecular formula is C38H73NO5. The molecule has 4 atom stereocenters. The number of allylic oxidation sites excluding steroid dienone is 1. The molecule has 44 heavy (non-hydrogen) atoms. The molecule has 0 heterocycles. The molecule has 3 N–H and O–H groups in total. The fourth-order valence-corrected chi connectivity index (χ4v) is 5.66. The van der Waals surface area contributed by atoms with Gasteiger partial charge in [0.2, 0.25) is 0 Å². The summed E-state index contributed by atoms with van der Waals surface area (Å²) in [5.41, 5.74) is 0. The SMILES string of the molecule is CCCCCCCCCCCCCC(C)CN[C@@H](COC(=O)CCC(=O)O)[C@@H](O)/C=C/C(C)CCCCCCCCCCC. The third kappa shape index (κ3) is 29.3. The number of unbranched alkanes of at least 4 members (excludes halogenated alkanes) is 18. The van der Waals surface area contributed by atoms with Crippen LogP contribution >= 0.6 is 0 Å². The normalized spacial score (nSPS) is 14.5. The molecule has 0 rings (SSSR count). The number of aliphatic hydroxyl groups excluding tert-OH is 1. The molecule has 0 radical (unpaired) electrons. The first-order valence-corrected chi connectivity index (χ1v) is 18.8. The van der Waals surface area contributed by atoms with Crippen LogP contribution in [-0.4, -0.2) is 47.4 Å². The Bertz CT molecular complexity index is 682. The summed E-state index contributed by atoms with van der Waals surface area (Å²) in [6.07, 6.45) is 31.6. The number of nitrogens with one attached hydrogen (secondary N) is 1. The van der Waals surface area contributed by atoms with Gasteiger partial charge >= 0.3 is 11.9 Å². The number of carboxylic acid groups (broad SMARTS) is 1. The number of rotatable bonds is 33. The van der Waals surface area contributed by atoms with Crippen LogP contribution in [0.15, 0.2) is 12.2 Å². The summed E-state index contributed by atoms with van der Waals surface area (Å²) in [6, 6.07) is -0.417. The number of hydrogen-bond donors (Lipinski definition) is 3. The van der Waals surface area contributed by atoms with Crippen LogP contribution in [0.4, 0.5) is 0 Å². The lowest BCUT2D eigenvalue weighted by Crippen LogP contribution is -2.44. The Balaban J connectivity index is 4.43. The van der Waals surface area contributed by atoms with Gasteiger partial charge in [0.05, 0.1) is 25.0 Å². The van der Waals surface area contributed by atoms with E-state index in [0.29, 0.717) is 11.8 Å². The van der Waals surface area contributed by atoms with Crippen LogP contribution in [0, 0.1) is 11.8 Å². The first kappa shape index (κ1) is 42.6. The predicted molar refractivity (Wildman–Crippen MR) is 186 cm³/mol. The van der Waals surface area contributed by atoms with Crippen molar-refractivity contribution in [2.45, 2.75) is 194 Å². The van der Waals surface area contributed by atoms with Crippen LogP contribution in [0.5, 0.6) is 0 Å². The van der Waals surface area contributed by atoms with Gasteiger partial charge in [-0.2, -0.15) is 0 Å². The molecule has 0 aromatic heterocycles. The molecule has 0 fully saturated rings. The third-order valence-corrected chi connectivity index (χ3v) is 8.81. The van der Waals surface area contributed by atoms with Gasteiger partial charge in [-0.1, -0.05) is 168 Å². The van der Waals surface area contributed by atoms with E-state index in [2.05, 4.69) is 39.1 Å². The second kappa shape index (κ2) is 31.6. The monoisotopic (exact) mass is 624 g/mol. The first-order valence-electron chi connectivity index (χ1n) is 18.8. The topological polar surface area (TPSA) is 95.9 Å². The second-order valence-corrected chi connectivity index (χ2v) is 13.5. The van der Waals surface area contributed by atoms with Crippen molar-refractivity contribution in [3.63, 3.8) is 0 Å². The molecule has 0 aliphatic carbocycles. The summed E-state index contributed by atoms with van der Waals surface area (Å²) in [5, 5.41) is 23.3. The number of esters is 1. The summed E-state index contributed by atoms with van der Waals surface area (Å²) >= 11 is 0. The van der Waals surface area contributed by atoms with E-state index in [1.807, 2.05) is 6.08 Å². The number of ether oxygens (including phenoxy) is 1. The summed E-state index contributed by atoms with van der Waals surface area (Å²) in [4.78, 5) is 22.9. The second-order valence-electron chi connectivity index (χ2n) is 13.5. The maximum absolute atomic E-state index is 12.1. The van der Waals surface area contributed by atoms with Gasteiger partial charge in [0, 0.05) is 0 Å². The molecule has 0 aliphatic rings. The number of hydrogen-bond acceptors (Lipinski definition) is 5. The molecule has 0 aliphatic heterocycles. The minimum atomic E-state index is -1.02. The van der Waals surface area contributed by atoms with Crippen LogP contribution in [0.2, 0.25) is 0 Å². The fourth-order valence-electron chi connectivity index (χ4n) is 5.66. The van der Waals surface area contributed by atoms with Crippen LogP contribution in [0.3, 0.4) is 0 Å². The van der Waals surface area contributed by atoms with Crippen molar-refractivity contribution in [1.29, 1.82) is 0 Å². The first-order chi connectivity index (χ1) is 21.3. The molecule has 0 spiro atoms. The van der Waals surface area contributed by atoms with Gasteiger partial charge < -0.3 is 20.3 Å². The van der Waals surface area contributed by atoms with E-state index in [1.165, 1.54) is 128 Å². The van der Waals surface area contributed by atoms with Gasteiger partial charge in [-0.05, 0) is 31.2 Å². The Morgan fingerprint density at radius 3 is 1.59 bits per heavy atom. The smallest absolute Gasteiger partial charge is 0.306 e. The van der Waals surface area contributed by atoms with Gasteiger partial charge in [0.1, 0.15) is 6.61 Å². The maximum Gasteiger partial charge on any atom is 0.306 e. The van der Waals surface area contributed by atoms with E-state index in [0.717, 1.165) is 19.4 Å². The number of aliphatic hydroxyl groups is 1. The molecule has 260 valence electrons. The van der Waals surface area contributed by atoms with E-state index < -0.39 is 24.1 Å². The Morgan fingerprint density at radius 1 is 0.659 bits per heavy atom. The van der Waals surface area contributed by atoms with Crippen molar-refractivity contribution in [3.05, 3.63) is 12.2 Å². The Labute approximate surface area is 272 Å². The minimum absolute atomic E-state index is 0.0295. The van der Waals surface area contributed by atoms with E-state index >= 15 is 0 Å². The Hall–Kier alpha value is -1.40. The quantitative estimate of drug-likeness (QED) is 0.0382. The van der Waals surface area contributed by atoms with Crippen molar-refractivity contribution in [1.82, 2.24) is 5.32 Å². The van der Waals surface area contributed by atoms with Crippen molar-refractivity contribution >= 4 is 11.9 Å². The Kier molecular flexibility index (Phi) is 30.6.